The van der Waals surface area contributed by atoms with Crippen LogP contribution in [0.2, 0.25) is 0 Å². The first kappa shape index (κ1) is 12.3. The van der Waals surface area contributed by atoms with E-state index < -0.39 is 0 Å². The van der Waals surface area contributed by atoms with Crippen LogP contribution in [0.5, 0.6) is 0 Å². The molecule has 0 amide bonds. The van der Waals surface area contributed by atoms with Gasteiger partial charge in [-0.05, 0) is 31.2 Å². The Hall–Kier alpha value is -1.74. The minimum Gasteiger partial charge on any atom is -0.469 e. The van der Waals surface area contributed by atoms with Crippen molar-refractivity contribution >= 4 is 22.6 Å². The van der Waals surface area contributed by atoms with E-state index in [4.69, 9.17) is 16.0 Å². The molecule has 0 aliphatic carbocycles. The summed E-state index contributed by atoms with van der Waals surface area (Å²) in [5, 5.41) is -0.107. The van der Waals surface area contributed by atoms with E-state index in [9.17, 15) is 0 Å². The van der Waals surface area contributed by atoms with Crippen LogP contribution in [-0.2, 0) is 13.0 Å². The Morgan fingerprint density at radius 3 is 2.84 bits per heavy atom. The average Bonchev–Trinajstić information content (AvgIpc) is 3.03. The van der Waals surface area contributed by atoms with Crippen LogP contribution in [0.1, 0.15) is 23.9 Å². The van der Waals surface area contributed by atoms with Gasteiger partial charge in [-0.3, -0.25) is 0 Å². The maximum absolute atomic E-state index is 6.23. The number of aromatic nitrogens is 2. The second-order valence-corrected chi connectivity index (χ2v) is 5.21. The first-order valence-electron chi connectivity index (χ1n) is 6.37. The molecule has 0 spiro atoms. The zero-order valence-corrected chi connectivity index (χ0v) is 11.5. The summed E-state index contributed by atoms with van der Waals surface area (Å²) in [6, 6.07) is 12.0. The molecular weight excluding hydrogens is 260 g/mol. The van der Waals surface area contributed by atoms with Crippen molar-refractivity contribution in [3.05, 3.63) is 54.2 Å². The van der Waals surface area contributed by atoms with Gasteiger partial charge in [0.2, 0.25) is 0 Å². The van der Waals surface area contributed by atoms with Gasteiger partial charge in [0.25, 0.3) is 0 Å². The number of furan rings is 1. The van der Waals surface area contributed by atoms with E-state index in [1.807, 2.05) is 37.3 Å². The van der Waals surface area contributed by atoms with Crippen molar-refractivity contribution < 1.29 is 4.42 Å². The summed E-state index contributed by atoms with van der Waals surface area (Å²) in [5.74, 6) is 1.89. The van der Waals surface area contributed by atoms with Gasteiger partial charge in [-0.2, -0.15) is 0 Å². The predicted molar refractivity (Wildman–Crippen MR) is 76.4 cm³/mol. The third-order valence-electron chi connectivity index (χ3n) is 3.20. The summed E-state index contributed by atoms with van der Waals surface area (Å²) < 4.78 is 7.55. The molecular formula is C15H15ClN2O. The topological polar surface area (TPSA) is 31.0 Å². The zero-order valence-electron chi connectivity index (χ0n) is 10.7. The van der Waals surface area contributed by atoms with Crippen LogP contribution in [0.25, 0.3) is 11.0 Å². The van der Waals surface area contributed by atoms with E-state index >= 15 is 0 Å². The molecule has 0 aliphatic rings. The lowest BCUT2D eigenvalue weighted by molar-refractivity contribution is 0.490. The van der Waals surface area contributed by atoms with Gasteiger partial charge in [-0.15, -0.1) is 11.6 Å². The molecule has 2 heterocycles. The lowest BCUT2D eigenvalue weighted by atomic mass is 10.3. The fourth-order valence-corrected chi connectivity index (χ4v) is 2.48. The van der Waals surface area contributed by atoms with Crippen molar-refractivity contribution in [3.63, 3.8) is 0 Å². The van der Waals surface area contributed by atoms with Crippen molar-refractivity contribution in [1.29, 1.82) is 0 Å². The number of halogens is 1. The van der Waals surface area contributed by atoms with Crippen molar-refractivity contribution in [2.24, 2.45) is 0 Å². The quantitative estimate of drug-likeness (QED) is 0.669. The van der Waals surface area contributed by atoms with E-state index in [-0.39, 0.29) is 5.38 Å². The molecule has 3 nitrogen and oxygen atoms in total. The van der Waals surface area contributed by atoms with Gasteiger partial charge in [-0.1, -0.05) is 12.1 Å². The lowest BCUT2D eigenvalue weighted by Crippen LogP contribution is -2.06. The Bertz CT molecular complexity index is 671. The molecule has 98 valence electrons. The fourth-order valence-electron chi connectivity index (χ4n) is 2.31. The first-order valence-corrected chi connectivity index (χ1v) is 6.81. The summed E-state index contributed by atoms with van der Waals surface area (Å²) in [6.07, 6.45) is 2.54. The molecule has 0 saturated heterocycles. The summed E-state index contributed by atoms with van der Waals surface area (Å²) in [4.78, 5) is 4.61. The highest BCUT2D eigenvalue weighted by atomic mass is 35.5. The highest BCUT2D eigenvalue weighted by Crippen LogP contribution is 2.24. The molecule has 0 N–H and O–H groups in total. The molecule has 0 bridgehead atoms. The molecule has 2 aromatic heterocycles. The Morgan fingerprint density at radius 2 is 2.11 bits per heavy atom. The van der Waals surface area contributed by atoms with Gasteiger partial charge in [0.1, 0.15) is 11.6 Å². The second kappa shape index (κ2) is 5.10. The lowest BCUT2D eigenvalue weighted by Gasteiger charge is -2.09. The monoisotopic (exact) mass is 274 g/mol. The highest BCUT2D eigenvalue weighted by molar-refractivity contribution is 6.20. The molecule has 0 radical (unpaired) electrons. The van der Waals surface area contributed by atoms with E-state index in [0.717, 1.165) is 35.6 Å². The molecule has 1 unspecified atom stereocenters. The van der Waals surface area contributed by atoms with Gasteiger partial charge in [0, 0.05) is 13.0 Å². The molecule has 0 fully saturated rings. The Morgan fingerprint density at radius 1 is 1.26 bits per heavy atom. The summed E-state index contributed by atoms with van der Waals surface area (Å²) in [7, 11) is 0. The molecule has 0 saturated carbocycles. The van der Waals surface area contributed by atoms with E-state index in [0.29, 0.717) is 0 Å². The number of imidazole rings is 1. The Kier molecular flexibility index (Phi) is 3.30. The standard InChI is InChI=1S/C15H15ClN2O/c1-11(16)15-17-13-6-2-3-7-14(13)18(15)9-8-12-5-4-10-19-12/h2-7,10-11H,8-9H2,1H3. The van der Waals surface area contributed by atoms with Crippen molar-refractivity contribution in [3.8, 4) is 0 Å². The van der Waals surface area contributed by atoms with Gasteiger partial charge < -0.3 is 8.98 Å². The summed E-state index contributed by atoms with van der Waals surface area (Å²) in [5.41, 5.74) is 2.11. The molecule has 4 heteroatoms. The highest BCUT2D eigenvalue weighted by Gasteiger charge is 2.14. The van der Waals surface area contributed by atoms with Crippen LogP contribution >= 0.6 is 11.6 Å². The molecule has 1 aromatic carbocycles. The van der Waals surface area contributed by atoms with Crippen LogP contribution in [0.3, 0.4) is 0 Å². The number of fused-ring (bicyclic) bond motifs is 1. The van der Waals surface area contributed by atoms with Crippen LogP contribution in [0.4, 0.5) is 0 Å². The first-order chi connectivity index (χ1) is 9.25. The van der Waals surface area contributed by atoms with Gasteiger partial charge in [0.15, 0.2) is 0 Å². The minimum absolute atomic E-state index is 0.107. The number of hydrogen-bond acceptors (Lipinski definition) is 2. The number of aryl methyl sites for hydroxylation is 2. The third kappa shape index (κ3) is 2.38. The number of alkyl halides is 1. The third-order valence-corrected chi connectivity index (χ3v) is 3.40. The van der Waals surface area contributed by atoms with Crippen LogP contribution in [0.15, 0.2) is 47.1 Å². The number of nitrogens with zero attached hydrogens (tertiary/aromatic N) is 2. The second-order valence-electron chi connectivity index (χ2n) is 4.56. The average molecular weight is 275 g/mol. The van der Waals surface area contributed by atoms with Crippen molar-refractivity contribution in [2.45, 2.75) is 25.3 Å². The molecule has 1 atom stereocenters. The fraction of sp³-hybridized carbons (Fsp3) is 0.267. The van der Waals surface area contributed by atoms with Crippen LogP contribution in [0, 0.1) is 0 Å². The van der Waals surface area contributed by atoms with Gasteiger partial charge in [-0.25, -0.2) is 4.98 Å². The van der Waals surface area contributed by atoms with E-state index in [1.165, 1.54) is 0 Å². The van der Waals surface area contributed by atoms with Crippen LogP contribution in [-0.4, -0.2) is 9.55 Å². The summed E-state index contributed by atoms with van der Waals surface area (Å²) in [6.45, 7) is 2.77. The number of hydrogen-bond donors (Lipinski definition) is 0. The van der Waals surface area contributed by atoms with Crippen molar-refractivity contribution in [1.82, 2.24) is 9.55 Å². The number of benzene rings is 1. The Labute approximate surface area is 116 Å². The summed E-state index contributed by atoms with van der Waals surface area (Å²) >= 11 is 6.23. The van der Waals surface area contributed by atoms with Gasteiger partial charge in [0.05, 0.1) is 22.7 Å². The predicted octanol–water partition coefficient (Wildman–Crippen LogP) is 4.17. The minimum atomic E-state index is -0.107. The molecule has 0 aliphatic heterocycles. The normalized spacial score (nSPS) is 12.9. The smallest absolute Gasteiger partial charge is 0.127 e. The maximum Gasteiger partial charge on any atom is 0.127 e. The number of para-hydroxylation sites is 2. The van der Waals surface area contributed by atoms with E-state index in [2.05, 4.69) is 15.6 Å². The molecule has 3 rings (SSSR count). The van der Waals surface area contributed by atoms with Gasteiger partial charge >= 0.3 is 0 Å². The van der Waals surface area contributed by atoms with E-state index in [1.54, 1.807) is 6.26 Å². The number of rotatable bonds is 4. The Balaban J connectivity index is 1.97. The largest absolute Gasteiger partial charge is 0.469 e. The van der Waals surface area contributed by atoms with Crippen molar-refractivity contribution in [2.75, 3.05) is 0 Å². The SMILES string of the molecule is CC(Cl)c1nc2ccccc2n1CCc1ccco1. The zero-order chi connectivity index (χ0) is 13.2. The van der Waals surface area contributed by atoms with Crippen LogP contribution < -0.4 is 0 Å². The maximum atomic E-state index is 6.23. The molecule has 3 aromatic rings. The molecule has 19 heavy (non-hydrogen) atoms.